The van der Waals surface area contributed by atoms with E-state index in [0.717, 1.165) is 22.1 Å². The van der Waals surface area contributed by atoms with E-state index in [1.54, 1.807) is 17.0 Å². The fraction of sp³-hybridized carbons (Fsp3) is 0.412. The van der Waals surface area contributed by atoms with E-state index in [1.165, 1.54) is 6.92 Å². The number of amides is 1. The predicted octanol–water partition coefficient (Wildman–Crippen LogP) is 3.72. The molecule has 140 valence electrons. The zero-order chi connectivity index (χ0) is 19.1. The summed E-state index contributed by atoms with van der Waals surface area (Å²) in [4.78, 5) is 15.1. The number of thiophene rings is 1. The molecule has 0 aliphatic carbocycles. The summed E-state index contributed by atoms with van der Waals surface area (Å²) >= 11 is 1.11. The van der Waals surface area contributed by atoms with Crippen LogP contribution in [0.5, 0.6) is 0 Å². The normalized spacial score (nSPS) is 16.1. The molecule has 0 radical (unpaired) electrons. The molecule has 1 amide bonds. The first-order valence-electron chi connectivity index (χ1n) is 8.07. The van der Waals surface area contributed by atoms with Crippen molar-refractivity contribution in [3.8, 4) is 10.6 Å². The molecule has 0 saturated carbocycles. The standard InChI is InChI=1S/C17H18F3N3O2S/c1-10(2)23-15(17(18,19)20)9-12(21-23)13-3-4-14(26-13)16(25)22-7-5-11(24)6-8-22/h3-4,9,11,24H,1,5-8H2,2H3. The minimum Gasteiger partial charge on any atom is -0.393 e. The van der Waals surface area contributed by atoms with Gasteiger partial charge in [-0.3, -0.25) is 4.79 Å². The Morgan fingerprint density at radius 2 is 2.00 bits per heavy atom. The van der Waals surface area contributed by atoms with Crippen LogP contribution in [-0.4, -0.2) is 44.9 Å². The number of alkyl halides is 3. The molecule has 0 atom stereocenters. The van der Waals surface area contributed by atoms with Crippen molar-refractivity contribution in [3.05, 3.63) is 35.3 Å². The molecule has 3 rings (SSSR count). The van der Waals surface area contributed by atoms with Crippen molar-refractivity contribution >= 4 is 22.9 Å². The van der Waals surface area contributed by atoms with Gasteiger partial charge in [-0.1, -0.05) is 6.58 Å². The van der Waals surface area contributed by atoms with Crippen LogP contribution in [0.15, 0.2) is 24.8 Å². The Hall–Kier alpha value is -2.13. The molecular weight excluding hydrogens is 367 g/mol. The number of likely N-dealkylation sites (tertiary alicyclic amines) is 1. The van der Waals surface area contributed by atoms with Crippen LogP contribution in [0.25, 0.3) is 16.3 Å². The molecule has 1 N–H and O–H groups in total. The van der Waals surface area contributed by atoms with Gasteiger partial charge in [0.05, 0.1) is 15.9 Å². The highest BCUT2D eigenvalue weighted by Crippen LogP contribution is 2.36. The van der Waals surface area contributed by atoms with Gasteiger partial charge in [0.2, 0.25) is 0 Å². The number of aromatic nitrogens is 2. The van der Waals surface area contributed by atoms with E-state index in [2.05, 4.69) is 11.7 Å². The summed E-state index contributed by atoms with van der Waals surface area (Å²) in [5, 5.41) is 13.5. The minimum atomic E-state index is -4.55. The fourth-order valence-corrected chi connectivity index (χ4v) is 3.74. The number of aliphatic hydroxyl groups is 1. The molecule has 2 aromatic rings. The van der Waals surface area contributed by atoms with Crippen molar-refractivity contribution in [2.24, 2.45) is 0 Å². The molecule has 1 saturated heterocycles. The van der Waals surface area contributed by atoms with Crippen molar-refractivity contribution < 1.29 is 23.1 Å². The molecule has 1 aliphatic heterocycles. The largest absolute Gasteiger partial charge is 0.433 e. The first kappa shape index (κ1) is 18.7. The van der Waals surface area contributed by atoms with Gasteiger partial charge in [0.1, 0.15) is 11.4 Å². The molecule has 1 fully saturated rings. The molecule has 5 nitrogen and oxygen atoms in total. The number of hydrogen-bond acceptors (Lipinski definition) is 4. The maximum atomic E-state index is 13.2. The van der Waals surface area contributed by atoms with E-state index in [9.17, 15) is 23.1 Å². The topological polar surface area (TPSA) is 58.4 Å². The molecule has 9 heteroatoms. The van der Waals surface area contributed by atoms with Crippen molar-refractivity contribution in [3.63, 3.8) is 0 Å². The maximum absolute atomic E-state index is 13.2. The summed E-state index contributed by atoms with van der Waals surface area (Å²) < 4.78 is 40.3. The fourth-order valence-electron chi connectivity index (χ4n) is 2.81. The molecule has 1 aliphatic rings. The number of rotatable bonds is 3. The number of allylic oxidation sites excluding steroid dienone is 1. The van der Waals surface area contributed by atoms with Gasteiger partial charge < -0.3 is 10.0 Å². The predicted molar refractivity (Wildman–Crippen MR) is 92.7 cm³/mol. The van der Waals surface area contributed by atoms with E-state index in [-0.39, 0.29) is 23.4 Å². The first-order valence-corrected chi connectivity index (χ1v) is 8.89. The van der Waals surface area contributed by atoms with Crippen LogP contribution in [-0.2, 0) is 6.18 Å². The van der Waals surface area contributed by atoms with Crippen LogP contribution in [0.1, 0.15) is 35.1 Å². The van der Waals surface area contributed by atoms with Crippen molar-refractivity contribution in [2.45, 2.75) is 32.0 Å². The summed E-state index contributed by atoms with van der Waals surface area (Å²) in [6.45, 7) is 5.91. The second-order valence-corrected chi connectivity index (χ2v) is 7.33. The molecule has 0 aromatic carbocycles. The van der Waals surface area contributed by atoms with Gasteiger partial charge in [0.25, 0.3) is 5.91 Å². The Morgan fingerprint density at radius 3 is 2.54 bits per heavy atom. The highest BCUT2D eigenvalue weighted by molar-refractivity contribution is 7.17. The van der Waals surface area contributed by atoms with Gasteiger partial charge in [-0.05, 0) is 38.0 Å². The maximum Gasteiger partial charge on any atom is 0.433 e. The zero-order valence-electron chi connectivity index (χ0n) is 14.1. The van der Waals surface area contributed by atoms with Gasteiger partial charge in [0.15, 0.2) is 0 Å². The lowest BCUT2D eigenvalue weighted by atomic mass is 10.1. The Labute approximate surface area is 152 Å². The van der Waals surface area contributed by atoms with Crippen LogP contribution in [0.2, 0.25) is 0 Å². The number of hydrogen-bond donors (Lipinski definition) is 1. The van der Waals surface area contributed by atoms with Gasteiger partial charge in [0, 0.05) is 18.8 Å². The van der Waals surface area contributed by atoms with Crippen LogP contribution >= 0.6 is 11.3 Å². The first-order chi connectivity index (χ1) is 12.2. The van der Waals surface area contributed by atoms with Crippen LogP contribution < -0.4 is 0 Å². The van der Waals surface area contributed by atoms with Gasteiger partial charge in [-0.25, -0.2) is 4.68 Å². The molecule has 26 heavy (non-hydrogen) atoms. The Bertz CT molecular complexity index is 833. The zero-order valence-corrected chi connectivity index (χ0v) is 14.9. The summed E-state index contributed by atoms with van der Waals surface area (Å²) in [5.41, 5.74) is -0.590. The number of carbonyl (C=O) groups excluding carboxylic acids is 1. The second kappa shape index (κ2) is 6.88. The number of carbonyl (C=O) groups is 1. The number of aliphatic hydroxyl groups excluding tert-OH is 1. The summed E-state index contributed by atoms with van der Waals surface area (Å²) in [6, 6.07) is 4.16. The van der Waals surface area contributed by atoms with E-state index in [0.29, 0.717) is 35.7 Å². The summed E-state index contributed by atoms with van der Waals surface area (Å²) in [7, 11) is 0. The minimum absolute atomic E-state index is 0.151. The van der Waals surface area contributed by atoms with E-state index in [4.69, 9.17) is 0 Å². The highest BCUT2D eigenvalue weighted by Gasteiger charge is 2.36. The van der Waals surface area contributed by atoms with Crippen LogP contribution in [0, 0.1) is 0 Å². The molecule has 2 aromatic heterocycles. The number of halogens is 3. The Kier molecular flexibility index (Phi) is 4.94. The third kappa shape index (κ3) is 3.68. The molecular formula is C17H18F3N3O2S. The average Bonchev–Trinajstić information content (AvgIpc) is 3.21. The van der Waals surface area contributed by atoms with Crippen molar-refractivity contribution in [1.82, 2.24) is 14.7 Å². The van der Waals surface area contributed by atoms with E-state index < -0.39 is 11.9 Å². The Morgan fingerprint density at radius 1 is 1.35 bits per heavy atom. The van der Waals surface area contributed by atoms with E-state index in [1.807, 2.05) is 0 Å². The second-order valence-electron chi connectivity index (χ2n) is 6.25. The lowest BCUT2D eigenvalue weighted by Gasteiger charge is -2.29. The third-order valence-electron chi connectivity index (χ3n) is 4.18. The summed E-state index contributed by atoms with van der Waals surface area (Å²) in [5.74, 6) is -0.177. The van der Waals surface area contributed by atoms with Crippen molar-refractivity contribution in [2.75, 3.05) is 13.1 Å². The lowest BCUT2D eigenvalue weighted by Crippen LogP contribution is -2.39. The number of nitrogens with zero attached hydrogens (tertiary/aromatic N) is 3. The smallest absolute Gasteiger partial charge is 0.393 e. The van der Waals surface area contributed by atoms with Gasteiger partial charge >= 0.3 is 6.18 Å². The molecule has 0 spiro atoms. The SMILES string of the molecule is C=C(C)n1nc(-c2ccc(C(=O)N3CCC(O)CC3)s2)cc1C(F)(F)F. The third-order valence-corrected chi connectivity index (χ3v) is 5.28. The van der Waals surface area contributed by atoms with E-state index >= 15 is 0 Å². The van der Waals surface area contributed by atoms with Crippen molar-refractivity contribution in [1.29, 1.82) is 0 Å². The number of piperidine rings is 1. The molecule has 0 unspecified atom stereocenters. The van der Waals surface area contributed by atoms with Crippen LogP contribution in [0.3, 0.4) is 0 Å². The highest BCUT2D eigenvalue weighted by atomic mass is 32.1. The van der Waals surface area contributed by atoms with Gasteiger partial charge in [-0.15, -0.1) is 11.3 Å². The monoisotopic (exact) mass is 385 g/mol. The Balaban J connectivity index is 1.86. The average molecular weight is 385 g/mol. The van der Waals surface area contributed by atoms with Gasteiger partial charge in [-0.2, -0.15) is 18.3 Å². The lowest BCUT2D eigenvalue weighted by molar-refractivity contribution is -0.142. The molecule has 0 bridgehead atoms. The van der Waals surface area contributed by atoms with Crippen LogP contribution in [0.4, 0.5) is 13.2 Å². The quantitative estimate of drug-likeness (QED) is 0.876. The summed E-state index contributed by atoms with van der Waals surface area (Å²) in [6.07, 6.45) is -3.87. The molecule has 3 heterocycles.